The summed E-state index contributed by atoms with van der Waals surface area (Å²) >= 11 is 0. The highest BCUT2D eigenvalue weighted by molar-refractivity contribution is 5.90. The van der Waals surface area contributed by atoms with Crippen molar-refractivity contribution in [2.24, 2.45) is 0 Å². The van der Waals surface area contributed by atoms with E-state index >= 15 is 0 Å². The zero-order chi connectivity index (χ0) is 13.4. The molecule has 1 aromatic heterocycles. The Labute approximate surface area is 107 Å². The molecule has 0 amide bonds. The van der Waals surface area contributed by atoms with Crippen LogP contribution in [-0.4, -0.2) is 4.98 Å². The van der Waals surface area contributed by atoms with Crippen molar-refractivity contribution in [1.82, 2.24) is 4.98 Å². The molecule has 0 aliphatic rings. The van der Waals surface area contributed by atoms with Gasteiger partial charge in [0.1, 0.15) is 5.82 Å². The van der Waals surface area contributed by atoms with Crippen molar-refractivity contribution in [1.29, 1.82) is 0 Å². The lowest BCUT2D eigenvalue weighted by Crippen LogP contribution is -2.05. The molecule has 1 heterocycles. The van der Waals surface area contributed by atoms with Crippen molar-refractivity contribution < 1.29 is 0 Å². The number of pyridine rings is 1. The van der Waals surface area contributed by atoms with Crippen LogP contribution in [0.1, 0.15) is 16.7 Å². The van der Waals surface area contributed by atoms with E-state index in [4.69, 9.17) is 17.2 Å². The van der Waals surface area contributed by atoms with Crippen LogP contribution in [-0.2, 0) is 0 Å². The molecule has 0 aliphatic carbocycles. The summed E-state index contributed by atoms with van der Waals surface area (Å²) in [6.45, 7) is 6.19. The number of nitrogens with two attached hydrogens (primary N) is 3. The molecule has 0 fully saturated rings. The second-order valence-corrected chi connectivity index (χ2v) is 4.66. The lowest BCUT2D eigenvalue weighted by Gasteiger charge is -2.15. The SMILES string of the molecule is Cc1cc(C)c(-c2cnc(N)c(N)c2N)c(C)c1. The predicted molar refractivity (Wildman–Crippen MR) is 77.1 cm³/mol. The summed E-state index contributed by atoms with van der Waals surface area (Å²) in [5.74, 6) is 0.277. The maximum Gasteiger partial charge on any atom is 0.148 e. The minimum absolute atomic E-state index is 0.277. The van der Waals surface area contributed by atoms with E-state index in [1.165, 1.54) is 5.56 Å². The molecule has 0 bridgehead atoms. The summed E-state index contributed by atoms with van der Waals surface area (Å²) in [6, 6.07) is 4.24. The van der Waals surface area contributed by atoms with Gasteiger partial charge in [-0.3, -0.25) is 0 Å². The van der Waals surface area contributed by atoms with Gasteiger partial charge >= 0.3 is 0 Å². The molecule has 0 saturated carbocycles. The number of aryl methyl sites for hydroxylation is 3. The van der Waals surface area contributed by atoms with Gasteiger partial charge in [-0.05, 0) is 37.5 Å². The van der Waals surface area contributed by atoms with E-state index in [2.05, 4.69) is 37.9 Å². The van der Waals surface area contributed by atoms with Crippen LogP contribution in [0.4, 0.5) is 17.2 Å². The first-order chi connectivity index (χ1) is 8.41. The highest BCUT2D eigenvalue weighted by Crippen LogP contribution is 2.36. The number of hydrogen-bond donors (Lipinski definition) is 3. The van der Waals surface area contributed by atoms with Gasteiger partial charge in [0.25, 0.3) is 0 Å². The van der Waals surface area contributed by atoms with Crippen molar-refractivity contribution in [3.8, 4) is 11.1 Å². The number of anilines is 3. The van der Waals surface area contributed by atoms with Crippen molar-refractivity contribution >= 4 is 17.2 Å². The molecule has 0 saturated heterocycles. The standard InChI is InChI=1S/C14H18N4/c1-7-4-8(2)11(9(3)5-7)10-6-18-14(17)13(16)12(10)15/h4-6H,16H2,1-3H3,(H4,15,17,18). The highest BCUT2D eigenvalue weighted by Gasteiger charge is 2.13. The molecule has 0 radical (unpaired) electrons. The van der Waals surface area contributed by atoms with Gasteiger partial charge in [-0.2, -0.15) is 0 Å². The van der Waals surface area contributed by atoms with E-state index in [0.29, 0.717) is 11.4 Å². The molecule has 2 aromatic rings. The molecule has 2 rings (SSSR count). The molecule has 0 aliphatic heterocycles. The molecule has 0 unspecified atom stereocenters. The van der Waals surface area contributed by atoms with Gasteiger partial charge in [-0.1, -0.05) is 17.7 Å². The fourth-order valence-electron chi connectivity index (χ4n) is 2.36. The lowest BCUT2D eigenvalue weighted by atomic mass is 9.93. The Hall–Kier alpha value is -2.23. The van der Waals surface area contributed by atoms with Crippen molar-refractivity contribution in [2.45, 2.75) is 20.8 Å². The third kappa shape index (κ3) is 1.86. The van der Waals surface area contributed by atoms with E-state index in [9.17, 15) is 0 Å². The fraction of sp³-hybridized carbons (Fsp3) is 0.214. The normalized spacial score (nSPS) is 10.6. The van der Waals surface area contributed by atoms with Gasteiger partial charge < -0.3 is 17.2 Å². The quantitative estimate of drug-likeness (QED) is 0.716. The Bertz CT molecular complexity index is 594. The molecular weight excluding hydrogens is 224 g/mol. The zero-order valence-corrected chi connectivity index (χ0v) is 10.9. The Kier molecular flexibility index (Phi) is 2.87. The summed E-state index contributed by atoms with van der Waals surface area (Å²) in [6.07, 6.45) is 1.69. The third-order valence-corrected chi connectivity index (χ3v) is 3.14. The summed E-state index contributed by atoms with van der Waals surface area (Å²) in [7, 11) is 0. The van der Waals surface area contributed by atoms with Gasteiger partial charge in [-0.25, -0.2) is 4.98 Å². The number of aromatic nitrogens is 1. The first kappa shape index (κ1) is 12.2. The maximum atomic E-state index is 6.05. The van der Waals surface area contributed by atoms with Crippen LogP contribution in [0.5, 0.6) is 0 Å². The van der Waals surface area contributed by atoms with E-state index in [1.807, 2.05) is 0 Å². The Morgan fingerprint density at radius 3 is 2.00 bits per heavy atom. The van der Waals surface area contributed by atoms with E-state index in [-0.39, 0.29) is 5.82 Å². The summed E-state index contributed by atoms with van der Waals surface area (Å²) < 4.78 is 0. The van der Waals surface area contributed by atoms with Gasteiger partial charge in [0.05, 0.1) is 11.4 Å². The van der Waals surface area contributed by atoms with Crippen LogP contribution in [0.15, 0.2) is 18.3 Å². The van der Waals surface area contributed by atoms with Crippen molar-refractivity contribution in [3.05, 3.63) is 35.0 Å². The van der Waals surface area contributed by atoms with E-state index in [0.717, 1.165) is 22.3 Å². The predicted octanol–water partition coefficient (Wildman–Crippen LogP) is 2.42. The summed E-state index contributed by atoms with van der Waals surface area (Å²) in [4.78, 5) is 4.09. The number of nitrogen functional groups attached to an aromatic ring is 3. The Morgan fingerprint density at radius 1 is 0.889 bits per heavy atom. The molecule has 94 valence electrons. The topological polar surface area (TPSA) is 90.9 Å². The monoisotopic (exact) mass is 242 g/mol. The summed E-state index contributed by atoms with van der Waals surface area (Å²) in [5, 5.41) is 0. The molecule has 4 nitrogen and oxygen atoms in total. The lowest BCUT2D eigenvalue weighted by molar-refractivity contribution is 1.29. The van der Waals surface area contributed by atoms with Crippen LogP contribution < -0.4 is 17.2 Å². The average Bonchev–Trinajstić information content (AvgIpc) is 2.28. The Morgan fingerprint density at radius 2 is 1.44 bits per heavy atom. The molecule has 18 heavy (non-hydrogen) atoms. The van der Waals surface area contributed by atoms with Crippen LogP contribution in [0.3, 0.4) is 0 Å². The summed E-state index contributed by atoms with van der Waals surface area (Å²) in [5.41, 5.74) is 23.9. The molecule has 6 N–H and O–H groups in total. The number of rotatable bonds is 1. The van der Waals surface area contributed by atoms with Gasteiger partial charge in [-0.15, -0.1) is 0 Å². The van der Waals surface area contributed by atoms with Crippen LogP contribution >= 0.6 is 0 Å². The molecular formula is C14H18N4. The second kappa shape index (κ2) is 4.22. The largest absolute Gasteiger partial charge is 0.396 e. The van der Waals surface area contributed by atoms with E-state index < -0.39 is 0 Å². The fourth-order valence-corrected chi connectivity index (χ4v) is 2.36. The van der Waals surface area contributed by atoms with Gasteiger partial charge in [0.15, 0.2) is 0 Å². The number of hydrogen-bond acceptors (Lipinski definition) is 4. The van der Waals surface area contributed by atoms with Crippen LogP contribution in [0.2, 0.25) is 0 Å². The smallest absolute Gasteiger partial charge is 0.148 e. The van der Waals surface area contributed by atoms with Gasteiger partial charge in [0, 0.05) is 11.8 Å². The van der Waals surface area contributed by atoms with Crippen molar-refractivity contribution in [2.75, 3.05) is 17.2 Å². The minimum Gasteiger partial charge on any atom is -0.396 e. The number of benzene rings is 1. The van der Waals surface area contributed by atoms with Crippen molar-refractivity contribution in [3.63, 3.8) is 0 Å². The average molecular weight is 242 g/mol. The molecule has 4 heteroatoms. The third-order valence-electron chi connectivity index (χ3n) is 3.14. The molecule has 0 spiro atoms. The first-order valence-corrected chi connectivity index (χ1v) is 5.79. The minimum atomic E-state index is 0.277. The maximum absolute atomic E-state index is 6.05. The highest BCUT2D eigenvalue weighted by atomic mass is 14.9. The molecule has 1 aromatic carbocycles. The van der Waals surface area contributed by atoms with Crippen LogP contribution in [0.25, 0.3) is 11.1 Å². The van der Waals surface area contributed by atoms with Gasteiger partial charge in [0.2, 0.25) is 0 Å². The Balaban J connectivity index is 2.74. The zero-order valence-electron chi connectivity index (χ0n) is 10.9. The molecule has 0 atom stereocenters. The van der Waals surface area contributed by atoms with Crippen LogP contribution in [0, 0.1) is 20.8 Å². The first-order valence-electron chi connectivity index (χ1n) is 5.79. The second-order valence-electron chi connectivity index (χ2n) is 4.66. The number of nitrogens with zero attached hydrogens (tertiary/aromatic N) is 1. The van der Waals surface area contributed by atoms with E-state index in [1.54, 1.807) is 6.20 Å².